The average molecular weight is 390 g/mol. The van der Waals surface area contributed by atoms with Crippen LogP contribution in [0.3, 0.4) is 0 Å². The molecule has 0 aliphatic heterocycles. The Bertz CT molecular complexity index is 703. The van der Waals surface area contributed by atoms with E-state index in [2.05, 4.69) is 20.8 Å². The minimum Gasteiger partial charge on any atom is -0.457 e. The number of hydrogen-bond acceptors (Lipinski definition) is 4. The van der Waals surface area contributed by atoms with Crippen LogP contribution in [0.5, 0.6) is 11.5 Å². The zero-order valence-electron chi connectivity index (χ0n) is 13.5. The summed E-state index contributed by atoms with van der Waals surface area (Å²) in [5, 5.41) is 0. The van der Waals surface area contributed by atoms with Gasteiger partial charge in [0.05, 0.1) is 13.2 Å². The largest absolute Gasteiger partial charge is 0.639 e. The molecule has 0 saturated heterocycles. The van der Waals surface area contributed by atoms with Gasteiger partial charge in [0.25, 0.3) is 0 Å². The number of ether oxygens (including phenoxy) is 1. The molecule has 0 aliphatic carbocycles. The summed E-state index contributed by atoms with van der Waals surface area (Å²) >= 11 is 3.50. The highest BCUT2D eigenvalue weighted by Gasteiger charge is 2.19. The van der Waals surface area contributed by atoms with E-state index in [1.165, 1.54) is 7.11 Å². The molecule has 0 saturated carbocycles. The van der Waals surface area contributed by atoms with Crippen molar-refractivity contribution in [2.24, 2.45) is 0 Å². The maximum atomic E-state index is 6.96. The SMILES string of the molecule is [C-]#[N+]c1ccc(Oc2ccc(Br)c(COB(OC)OCC)c2)cc1. The van der Waals surface area contributed by atoms with Gasteiger partial charge in [0.15, 0.2) is 5.69 Å². The fourth-order valence-corrected chi connectivity index (χ4v) is 2.29. The summed E-state index contributed by atoms with van der Waals surface area (Å²) in [4.78, 5) is 3.36. The third kappa shape index (κ3) is 5.36. The predicted molar refractivity (Wildman–Crippen MR) is 96.1 cm³/mol. The maximum absolute atomic E-state index is 6.96. The van der Waals surface area contributed by atoms with Gasteiger partial charge in [0, 0.05) is 18.2 Å². The molecule has 0 fully saturated rings. The Morgan fingerprint density at radius 3 is 2.42 bits per heavy atom. The molecule has 2 aromatic rings. The molecule has 0 atom stereocenters. The molecular formula is C17H17BBrNO4. The van der Waals surface area contributed by atoms with E-state index >= 15 is 0 Å². The number of nitrogens with zero attached hydrogens (tertiary/aromatic N) is 1. The van der Waals surface area contributed by atoms with Gasteiger partial charge in [-0.3, -0.25) is 0 Å². The average Bonchev–Trinajstić information content (AvgIpc) is 2.61. The third-order valence-electron chi connectivity index (χ3n) is 3.09. The highest BCUT2D eigenvalue weighted by Crippen LogP contribution is 2.28. The van der Waals surface area contributed by atoms with E-state index in [0.717, 1.165) is 10.0 Å². The monoisotopic (exact) mass is 389 g/mol. The second kappa shape index (κ2) is 9.45. The molecule has 0 aromatic heterocycles. The second-order valence-corrected chi connectivity index (χ2v) is 5.61. The summed E-state index contributed by atoms with van der Waals surface area (Å²) in [6, 6.07) is 12.6. The first-order valence-electron chi connectivity index (χ1n) is 7.36. The quantitative estimate of drug-likeness (QED) is 0.471. The van der Waals surface area contributed by atoms with E-state index in [0.29, 0.717) is 30.4 Å². The Balaban J connectivity index is 2.05. The van der Waals surface area contributed by atoms with Gasteiger partial charge in [0.2, 0.25) is 0 Å². The van der Waals surface area contributed by atoms with E-state index in [9.17, 15) is 0 Å². The molecule has 2 aromatic carbocycles. The van der Waals surface area contributed by atoms with Crippen LogP contribution in [-0.2, 0) is 20.6 Å². The van der Waals surface area contributed by atoms with Gasteiger partial charge in [-0.15, -0.1) is 0 Å². The van der Waals surface area contributed by atoms with Gasteiger partial charge in [-0.1, -0.05) is 28.1 Å². The Morgan fingerprint density at radius 2 is 1.79 bits per heavy atom. The molecule has 0 spiro atoms. The van der Waals surface area contributed by atoms with E-state index in [1.54, 1.807) is 24.3 Å². The van der Waals surface area contributed by atoms with E-state index in [4.69, 9.17) is 25.3 Å². The van der Waals surface area contributed by atoms with E-state index < -0.39 is 7.32 Å². The van der Waals surface area contributed by atoms with Gasteiger partial charge in [-0.05, 0) is 42.8 Å². The summed E-state index contributed by atoms with van der Waals surface area (Å²) in [6.45, 7) is 9.65. The van der Waals surface area contributed by atoms with Gasteiger partial charge in [0.1, 0.15) is 11.5 Å². The molecule has 0 heterocycles. The number of rotatable bonds is 8. The van der Waals surface area contributed by atoms with Crippen molar-refractivity contribution in [3.05, 3.63) is 63.9 Å². The maximum Gasteiger partial charge on any atom is 0.639 e. The van der Waals surface area contributed by atoms with Crippen molar-refractivity contribution < 1.29 is 18.7 Å². The molecule has 0 aliphatic rings. The fourth-order valence-electron chi connectivity index (χ4n) is 1.93. The van der Waals surface area contributed by atoms with Crippen molar-refractivity contribution in [2.75, 3.05) is 13.7 Å². The van der Waals surface area contributed by atoms with E-state index in [1.807, 2.05) is 25.1 Å². The van der Waals surface area contributed by atoms with Crippen molar-refractivity contribution in [1.29, 1.82) is 0 Å². The Kier molecular flexibility index (Phi) is 7.28. The van der Waals surface area contributed by atoms with Gasteiger partial charge >= 0.3 is 7.32 Å². The Hall–Kier alpha value is -1.85. The molecule has 124 valence electrons. The minimum absolute atomic E-state index is 0.312. The molecule has 0 N–H and O–H groups in total. The predicted octanol–water partition coefficient (Wildman–Crippen LogP) is 4.98. The molecule has 2 rings (SSSR count). The van der Waals surface area contributed by atoms with Crippen LogP contribution in [-0.4, -0.2) is 21.0 Å². The standard InChI is InChI=1S/C17H17BBrNO4/c1-4-22-18(21-3)23-12-13-11-16(9-10-17(13)19)24-15-7-5-14(20-2)6-8-15/h5-11H,4,12H2,1,3H3. The van der Waals surface area contributed by atoms with Crippen molar-refractivity contribution in [3.8, 4) is 11.5 Å². The van der Waals surface area contributed by atoms with Crippen molar-refractivity contribution in [3.63, 3.8) is 0 Å². The van der Waals surface area contributed by atoms with Crippen LogP contribution in [0.2, 0.25) is 0 Å². The van der Waals surface area contributed by atoms with Crippen LogP contribution in [0.1, 0.15) is 12.5 Å². The molecule has 24 heavy (non-hydrogen) atoms. The lowest BCUT2D eigenvalue weighted by molar-refractivity contribution is 0.111. The van der Waals surface area contributed by atoms with Crippen LogP contribution in [0.25, 0.3) is 4.85 Å². The topological polar surface area (TPSA) is 41.3 Å². The molecule has 0 amide bonds. The normalized spacial score (nSPS) is 10.2. The Labute approximate surface area is 150 Å². The highest BCUT2D eigenvalue weighted by atomic mass is 79.9. The third-order valence-corrected chi connectivity index (χ3v) is 3.86. The molecule has 7 heteroatoms. The number of halogens is 1. The summed E-state index contributed by atoms with van der Waals surface area (Å²) in [6.07, 6.45) is 0. The first-order valence-corrected chi connectivity index (χ1v) is 8.15. The number of benzene rings is 2. The number of hydrogen-bond donors (Lipinski definition) is 0. The molecule has 0 unspecified atom stereocenters. The van der Waals surface area contributed by atoms with Crippen molar-refractivity contribution in [1.82, 2.24) is 0 Å². The zero-order valence-corrected chi connectivity index (χ0v) is 15.1. The lowest BCUT2D eigenvalue weighted by Gasteiger charge is -2.13. The summed E-state index contributed by atoms with van der Waals surface area (Å²) in [5.41, 5.74) is 1.49. The second-order valence-electron chi connectivity index (χ2n) is 4.75. The molecular weight excluding hydrogens is 373 g/mol. The van der Waals surface area contributed by atoms with Crippen LogP contribution in [0.15, 0.2) is 46.9 Å². The van der Waals surface area contributed by atoms with Crippen LogP contribution < -0.4 is 4.74 Å². The van der Waals surface area contributed by atoms with E-state index in [-0.39, 0.29) is 0 Å². The van der Waals surface area contributed by atoms with Crippen LogP contribution in [0.4, 0.5) is 5.69 Å². The minimum atomic E-state index is -0.701. The van der Waals surface area contributed by atoms with Gasteiger partial charge < -0.3 is 18.7 Å². The van der Waals surface area contributed by atoms with Gasteiger partial charge in [-0.2, -0.15) is 0 Å². The lowest BCUT2D eigenvalue weighted by Crippen LogP contribution is -2.25. The van der Waals surface area contributed by atoms with Crippen LogP contribution in [0, 0.1) is 6.57 Å². The molecule has 5 nitrogen and oxygen atoms in total. The molecule has 0 bridgehead atoms. The summed E-state index contributed by atoms with van der Waals surface area (Å²) in [7, 11) is 0.828. The Morgan fingerprint density at radius 1 is 1.08 bits per heavy atom. The zero-order chi connectivity index (χ0) is 17.4. The van der Waals surface area contributed by atoms with Crippen molar-refractivity contribution >= 4 is 28.9 Å². The summed E-state index contributed by atoms with van der Waals surface area (Å²) in [5.74, 6) is 1.35. The lowest BCUT2D eigenvalue weighted by atomic mass is 10.2. The fraction of sp³-hybridized carbons (Fsp3) is 0.235. The van der Waals surface area contributed by atoms with Gasteiger partial charge in [-0.25, -0.2) is 4.85 Å². The first-order chi connectivity index (χ1) is 11.7. The smallest absolute Gasteiger partial charge is 0.457 e. The van der Waals surface area contributed by atoms with Crippen LogP contribution >= 0.6 is 15.9 Å². The highest BCUT2D eigenvalue weighted by molar-refractivity contribution is 9.10. The first kappa shape index (κ1) is 18.5. The molecule has 0 radical (unpaired) electrons. The van der Waals surface area contributed by atoms with Crippen molar-refractivity contribution in [2.45, 2.75) is 13.5 Å². The summed E-state index contributed by atoms with van der Waals surface area (Å²) < 4.78 is 22.7.